The van der Waals surface area contributed by atoms with E-state index in [0.29, 0.717) is 6.42 Å². The molecule has 2 rings (SSSR count). The molecule has 0 aliphatic rings. The Kier molecular flexibility index (Phi) is 3.72. The van der Waals surface area contributed by atoms with Crippen molar-refractivity contribution >= 4 is 5.78 Å². The van der Waals surface area contributed by atoms with Crippen molar-refractivity contribution in [3.63, 3.8) is 0 Å². The van der Waals surface area contributed by atoms with Crippen molar-refractivity contribution in [3.05, 3.63) is 48.3 Å². The lowest BCUT2D eigenvalue weighted by Crippen LogP contribution is -1.95. The molecule has 92 valence electrons. The quantitative estimate of drug-likeness (QED) is 0.770. The van der Waals surface area contributed by atoms with E-state index in [4.69, 9.17) is 4.74 Å². The fourth-order valence-corrected chi connectivity index (χ4v) is 1.74. The van der Waals surface area contributed by atoms with Crippen molar-refractivity contribution in [1.82, 2.24) is 4.98 Å². The van der Waals surface area contributed by atoms with Crippen molar-refractivity contribution in [3.8, 4) is 16.9 Å². The van der Waals surface area contributed by atoms with E-state index in [2.05, 4.69) is 4.98 Å². The molecular weight excluding hydrogens is 226 g/mol. The minimum absolute atomic E-state index is 0.158. The Morgan fingerprint density at radius 1 is 1.17 bits per heavy atom. The number of carbonyl (C=O) groups excluding carboxylic acids is 1. The Labute approximate surface area is 106 Å². The number of ketones is 1. The Morgan fingerprint density at radius 2 is 1.89 bits per heavy atom. The van der Waals surface area contributed by atoms with E-state index in [9.17, 15) is 4.79 Å². The number of pyridine rings is 1. The molecule has 18 heavy (non-hydrogen) atoms. The van der Waals surface area contributed by atoms with E-state index < -0.39 is 0 Å². The average molecular weight is 241 g/mol. The predicted octanol–water partition coefficient (Wildman–Crippen LogP) is 3.35. The van der Waals surface area contributed by atoms with Gasteiger partial charge in [-0.15, -0.1) is 0 Å². The van der Waals surface area contributed by atoms with Gasteiger partial charge in [-0.1, -0.05) is 31.2 Å². The number of hydrogen-bond acceptors (Lipinski definition) is 3. The van der Waals surface area contributed by atoms with Crippen molar-refractivity contribution in [2.45, 2.75) is 13.3 Å². The second-order valence-electron chi connectivity index (χ2n) is 3.97. The maximum Gasteiger partial charge on any atom is 0.162 e. The Balaban J connectivity index is 2.31. The van der Waals surface area contributed by atoms with Gasteiger partial charge in [0.2, 0.25) is 0 Å². The monoisotopic (exact) mass is 241 g/mol. The molecule has 2 aromatic rings. The van der Waals surface area contributed by atoms with Crippen molar-refractivity contribution in [2.75, 3.05) is 7.11 Å². The van der Waals surface area contributed by atoms with Gasteiger partial charge in [0.25, 0.3) is 0 Å². The summed E-state index contributed by atoms with van der Waals surface area (Å²) in [5, 5.41) is 0. The smallest absolute Gasteiger partial charge is 0.162 e. The molecule has 0 radical (unpaired) electrons. The number of ether oxygens (including phenoxy) is 1. The highest BCUT2D eigenvalue weighted by atomic mass is 16.5. The molecule has 0 aliphatic carbocycles. The second-order valence-corrected chi connectivity index (χ2v) is 3.97. The number of rotatable bonds is 4. The topological polar surface area (TPSA) is 39.2 Å². The van der Waals surface area contributed by atoms with Crippen LogP contribution in [0.15, 0.2) is 42.7 Å². The van der Waals surface area contributed by atoms with Gasteiger partial charge in [0.05, 0.1) is 13.3 Å². The maximum atomic E-state index is 11.5. The zero-order valence-corrected chi connectivity index (χ0v) is 10.5. The molecular formula is C15H15NO2. The predicted molar refractivity (Wildman–Crippen MR) is 70.8 cm³/mol. The van der Waals surface area contributed by atoms with Crippen molar-refractivity contribution in [1.29, 1.82) is 0 Å². The molecule has 0 fully saturated rings. The first-order valence-electron chi connectivity index (χ1n) is 5.87. The third-order valence-electron chi connectivity index (χ3n) is 2.81. The summed E-state index contributed by atoms with van der Waals surface area (Å²) in [6, 6.07) is 9.48. The van der Waals surface area contributed by atoms with Gasteiger partial charge < -0.3 is 4.74 Å². The molecule has 0 amide bonds. The number of benzene rings is 1. The molecule has 0 N–H and O–H groups in total. The molecule has 0 aliphatic heterocycles. The number of hydrogen-bond donors (Lipinski definition) is 0. The lowest BCUT2D eigenvalue weighted by atomic mass is 10.0. The van der Waals surface area contributed by atoms with Gasteiger partial charge in [-0.3, -0.25) is 9.78 Å². The zero-order chi connectivity index (χ0) is 13.0. The van der Waals surface area contributed by atoms with Gasteiger partial charge in [0, 0.05) is 23.7 Å². The van der Waals surface area contributed by atoms with Gasteiger partial charge in [-0.25, -0.2) is 0 Å². The van der Waals surface area contributed by atoms with Crippen LogP contribution in [0.1, 0.15) is 23.7 Å². The SMILES string of the molecule is CCC(=O)c1ccc(-c2cncc(OC)c2)cc1. The van der Waals surface area contributed by atoms with E-state index in [1.807, 2.05) is 37.3 Å². The summed E-state index contributed by atoms with van der Waals surface area (Å²) in [5.74, 6) is 0.881. The molecule has 1 heterocycles. The summed E-state index contributed by atoms with van der Waals surface area (Å²) in [6.45, 7) is 1.86. The van der Waals surface area contributed by atoms with Gasteiger partial charge in [-0.2, -0.15) is 0 Å². The van der Waals surface area contributed by atoms with Crippen LogP contribution in [-0.2, 0) is 0 Å². The van der Waals surface area contributed by atoms with Gasteiger partial charge in [0.15, 0.2) is 5.78 Å². The Morgan fingerprint density at radius 3 is 2.50 bits per heavy atom. The van der Waals surface area contributed by atoms with Crippen LogP contribution in [0.2, 0.25) is 0 Å². The van der Waals surface area contributed by atoms with Crippen LogP contribution < -0.4 is 4.74 Å². The normalized spacial score (nSPS) is 10.1. The summed E-state index contributed by atoms with van der Waals surface area (Å²) in [7, 11) is 1.61. The standard InChI is InChI=1S/C15H15NO2/c1-3-15(17)12-6-4-11(5-7-12)13-8-14(18-2)10-16-9-13/h4-10H,3H2,1-2H3. The lowest BCUT2D eigenvalue weighted by Gasteiger charge is -2.05. The largest absolute Gasteiger partial charge is 0.495 e. The highest BCUT2D eigenvalue weighted by molar-refractivity contribution is 5.96. The third-order valence-corrected chi connectivity index (χ3v) is 2.81. The molecule has 0 atom stereocenters. The number of aromatic nitrogens is 1. The lowest BCUT2D eigenvalue weighted by molar-refractivity contribution is 0.0988. The van der Waals surface area contributed by atoms with E-state index >= 15 is 0 Å². The van der Waals surface area contributed by atoms with E-state index in [-0.39, 0.29) is 5.78 Å². The van der Waals surface area contributed by atoms with Gasteiger partial charge >= 0.3 is 0 Å². The summed E-state index contributed by atoms with van der Waals surface area (Å²) >= 11 is 0. The average Bonchev–Trinajstić information content (AvgIpc) is 2.46. The third kappa shape index (κ3) is 2.56. The molecule has 0 saturated heterocycles. The zero-order valence-electron chi connectivity index (χ0n) is 10.5. The first kappa shape index (κ1) is 12.3. The van der Waals surface area contributed by atoms with Gasteiger partial charge in [-0.05, 0) is 11.6 Å². The molecule has 0 bridgehead atoms. The molecule has 1 aromatic heterocycles. The molecule has 0 spiro atoms. The minimum atomic E-state index is 0.158. The molecule has 0 saturated carbocycles. The van der Waals surface area contributed by atoms with Crippen LogP contribution in [0.25, 0.3) is 11.1 Å². The maximum absolute atomic E-state index is 11.5. The first-order chi connectivity index (χ1) is 8.74. The Hall–Kier alpha value is -2.16. The molecule has 0 unspecified atom stereocenters. The van der Waals surface area contributed by atoms with E-state index in [1.165, 1.54) is 0 Å². The summed E-state index contributed by atoms with van der Waals surface area (Å²) in [6.07, 6.45) is 3.97. The number of carbonyl (C=O) groups is 1. The number of nitrogens with zero attached hydrogens (tertiary/aromatic N) is 1. The molecule has 3 heteroatoms. The van der Waals surface area contributed by atoms with Crippen LogP contribution in [0, 0.1) is 0 Å². The van der Waals surface area contributed by atoms with Crippen LogP contribution >= 0.6 is 0 Å². The second kappa shape index (κ2) is 5.45. The van der Waals surface area contributed by atoms with Crippen molar-refractivity contribution < 1.29 is 9.53 Å². The van der Waals surface area contributed by atoms with Crippen LogP contribution in [0.5, 0.6) is 5.75 Å². The molecule has 3 nitrogen and oxygen atoms in total. The summed E-state index contributed by atoms with van der Waals surface area (Å²) < 4.78 is 5.14. The minimum Gasteiger partial charge on any atom is -0.495 e. The molecule has 1 aromatic carbocycles. The summed E-state index contributed by atoms with van der Waals surface area (Å²) in [4.78, 5) is 15.6. The first-order valence-corrected chi connectivity index (χ1v) is 5.87. The Bertz CT molecular complexity index is 547. The fourth-order valence-electron chi connectivity index (χ4n) is 1.74. The highest BCUT2D eigenvalue weighted by Gasteiger charge is 2.04. The van der Waals surface area contributed by atoms with Crippen LogP contribution in [-0.4, -0.2) is 17.9 Å². The van der Waals surface area contributed by atoms with Gasteiger partial charge in [0.1, 0.15) is 5.75 Å². The van der Waals surface area contributed by atoms with E-state index in [1.54, 1.807) is 19.5 Å². The summed E-state index contributed by atoms with van der Waals surface area (Å²) in [5.41, 5.74) is 2.75. The fraction of sp³-hybridized carbons (Fsp3) is 0.200. The highest BCUT2D eigenvalue weighted by Crippen LogP contribution is 2.23. The number of methoxy groups -OCH3 is 1. The van der Waals surface area contributed by atoms with Crippen molar-refractivity contribution in [2.24, 2.45) is 0 Å². The van der Waals surface area contributed by atoms with E-state index in [0.717, 1.165) is 22.4 Å². The van der Waals surface area contributed by atoms with Crippen LogP contribution in [0.4, 0.5) is 0 Å². The number of Topliss-reactive ketones (excluding diaryl/α,β-unsaturated/α-hetero) is 1. The van der Waals surface area contributed by atoms with Crippen LogP contribution in [0.3, 0.4) is 0 Å².